The molecule has 0 saturated carbocycles. The molecular weight excluding hydrogens is 502 g/mol. The van der Waals surface area contributed by atoms with E-state index in [1.807, 2.05) is 0 Å². The zero-order valence-electron chi connectivity index (χ0n) is 19.6. The minimum absolute atomic E-state index is 0.0613. The number of nitrogens with zero attached hydrogens (tertiary/aromatic N) is 3. The van der Waals surface area contributed by atoms with Crippen LogP contribution in [0.3, 0.4) is 0 Å². The number of halogens is 2. The van der Waals surface area contributed by atoms with Crippen molar-refractivity contribution >= 4 is 50.1 Å². The van der Waals surface area contributed by atoms with E-state index in [4.69, 9.17) is 5.73 Å². The minimum Gasteiger partial charge on any atom is -0.404 e. The van der Waals surface area contributed by atoms with Gasteiger partial charge < -0.3 is 10.7 Å². The van der Waals surface area contributed by atoms with Crippen molar-refractivity contribution in [3.05, 3.63) is 89.5 Å². The number of fused-ring (bicyclic) bond motifs is 1. The van der Waals surface area contributed by atoms with Crippen LogP contribution in [-0.4, -0.2) is 41.1 Å². The van der Waals surface area contributed by atoms with Crippen molar-refractivity contribution in [2.75, 3.05) is 10.5 Å². The molecule has 0 atom stereocenters. The first-order valence-electron chi connectivity index (χ1n) is 11.1. The van der Waals surface area contributed by atoms with Crippen molar-refractivity contribution in [1.29, 1.82) is 0 Å². The van der Waals surface area contributed by atoms with Gasteiger partial charge in [0, 0.05) is 53.1 Å². The summed E-state index contributed by atoms with van der Waals surface area (Å²) in [6, 6.07) is 8.58. The molecule has 0 aliphatic heterocycles. The van der Waals surface area contributed by atoms with E-state index in [9.17, 15) is 17.6 Å². The fourth-order valence-corrected chi connectivity index (χ4v) is 4.72. The molecule has 0 fully saturated rings. The Balaban J connectivity index is 1.72. The number of aromatic nitrogens is 3. The largest absolute Gasteiger partial charge is 0.404 e. The smallest absolute Gasteiger partial charge is 0.232 e. The zero-order chi connectivity index (χ0) is 26.6. The number of nitrogens with one attached hydrogen (secondary N) is 2. The van der Waals surface area contributed by atoms with Crippen LogP contribution in [0, 0.1) is 11.6 Å². The number of anilines is 1. The molecule has 12 heteroatoms. The van der Waals surface area contributed by atoms with Crippen LogP contribution in [0.4, 0.5) is 20.3 Å². The summed E-state index contributed by atoms with van der Waals surface area (Å²) in [6.45, 7) is 1.64. The van der Waals surface area contributed by atoms with Gasteiger partial charge in [-0.2, -0.15) is 0 Å². The second kappa shape index (κ2) is 10.7. The molecule has 0 bridgehead atoms. The molecule has 4 rings (SSSR count). The van der Waals surface area contributed by atoms with Crippen LogP contribution >= 0.6 is 0 Å². The number of benzene rings is 1. The van der Waals surface area contributed by atoms with E-state index in [0.717, 1.165) is 12.1 Å². The lowest BCUT2D eigenvalue weighted by molar-refractivity contribution is 0.103. The summed E-state index contributed by atoms with van der Waals surface area (Å²) in [5, 5.41) is 0.281. The summed E-state index contributed by atoms with van der Waals surface area (Å²) in [7, 11) is -3.87. The van der Waals surface area contributed by atoms with Gasteiger partial charge >= 0.3 is 0 Å². The van der Waals surface area contributed by atoms with Crippen molar-refractivity contribution in [3.63, 3.8) is 0 Å². The highest BCUT2D eigenvalue weighted by molar-refractivity contribution is 7.92. The molecule has 0 aliphatic carbocycles. The highest BCUT2D eigenvalue weighted by Gasteiger charge is 2.26. The number of carbonyl (C=O) groups excluding carboxylic acids is 1. The number of hydrogen-bond donors (Lipinski definition) is 3. The van der Waals surface area contributed by atoms with Crippen LogP contribution in [-0.2, 0) is 10.0 Å². The molecule has 0 amide bonds. The van der Waals surface area contributed by atoms with Crippen molar-refractivity contribution in [3.8, 4) is 0 Å². The van der Waals surface area contributed by atoms with Gasteiger partial charge in [0.05, 0.1) is 17.0 Å². The van der Waals surface area contributed by atoms with Gasteiger partial charge in [0.25, 0.3) is 0 Å². The van der Waals surface area contributed by atoms with Crippen LogP contribution in [0.2, 0.25) is 0 Å². The minimum atomic E-state index is -3.87. The number of nitrogens with two attached hydrogens (primary N) is 1. The Morgan fingerprint density at radius 1 is 1.22 bits per heavy atom. The topological polar surface area (TPSA) is 143 Å². The summed E-state index contributed by atoms with van der Waals surface area (Å²) in [5.74, 6) is -3.24. The summed E-state index contributed by atoms with van der Waals surface area (Å²) in [5.41, 5.74) is 5.55. The summed E-state index contributed by atoms with van der Waals surface area (Å²) in [6.07, 6.45) is 7.44. The van der Waals surface area contributed by atoms with Crippen LogP contribution in [0.1, 0.15) is 34.8 Å². The number of aliphatic imine (C=N–C) groups is 1. The van der Waals surface area contributed by atoms with E-state index >= 15 is 4.39 Å². The fourth-order valence-electron chi connectivity index (χ4n) is 3.59. The van der Waals surface area contributed by atoms with E-state index in [2.05, 4.69) is 24.7 Å². The quantitative estimate of drug-likeness (QED) is 0.220. The Morgan fingerprint density at radius 2 is 2.03 bits per heavy atom. The lowest BCUT2D eigenvalue weighted by atomic mass is 10.00. The Morgan fingerprint density at radius 3 is 2.73 bits per heavy atom. The molecular formula is C25H22F2N6O3S. The molecule has 0 spiro atoms. The predicted octanol–water partition coefficient (Wildman–Crippen LogP) is 4.32. The number of sulfonamides is 1. The molecule has 0 unspecified atom stereocenters. The number of H-pyrrole nitrogens is 1. The Hall–Kier alpha value is -4.45. The lowest BCUT2D eigenvalue weighted by Crippen LogP contribution is -2.18. The SMILES string of the molecule is CCCS(=O)(=O)Nc1ccc(F)c(C(=O)c2c[nH]c3ncc(C(C=Nc4ccccn4)=CN)cc23)c1F. The van der Waals surface area contributed by atoms with Crippen LogP contribution in [0.15, 0.2) is 66.2 Å². The number of rotatable bonds is 9. The molecule has 3 heterocycles. The average Bonchev–Trinajstić information content (AvgIpc) is 3.30. The number of aromatic amines is 1. The van der Waals surface area contributed by atoms with E-state index in [0.29, 0.717) is 29.0 Å². The molecule has 4 aromatic rings. The number of hydrogen-bond acceptors (Lipinski definition) is 7. The maximum Gasteiger partial charge on any atom is 0.232 e. The molecule has 4 N–H and O–H groups in total. The molecule has 0 aliphatic rings. The van der Waals surface area contributed by atoms with Crippen LogP contribution in [0.25, 0.3) is 16.6 Å². The standard InChI is InChI=1S/C25H22F2N6O3S/c1-2-9-37(35,36)33-20-7-6-19(26)22(23(20)27)24(34)18-14-32-25-17(18)10-15(12-31-25)16(11-28)13-30-21-5-3-4-8-29-21/h3-8,10-14,33H,2,9,28H2,1H3,(H,31,32). The predicted molar refractivity (Wildman–Crippen MR) is 138 cm³/mol. The van der Waals surface area contributed by atoms with Gasteiger partial charge in [-0.15, -0.1) is 0 Å². The number of ketones is 1. The summed E-state index contributed by atoms with van der Waals surface area (Å²) < 4.78 is 56.1. The van der Waals surface area contributed by atoms with Gasteiger partial charge in [-0.1, -0.05) is 13.0 Å². The number of allylic oxidation sites excluding steroid dienone is 1. The normalized spacial score (nSPS) is 12.4. The fraction of sp³-hybridized carbons (Fsp3) is 0.120. The number of pyridine rings is 2. The molecule has 37 heavy (non-hydrogen) atoms. The molecule has 0 saturated heterocycles. The monoisotopic (exact) mass is 524 g/mol. The van der Waals surface area contributed by atoms with E-state index in [1.165, 1.54) is 24.8 Å². The average molecular weight is 525 g/mol. The third-order valence-corrected chi connectivity index (χ3v) is 6.81. The third kappa shape index (κ3) is 5.54. The van der Waals surface area contributed by atoms with Gasteiger partial charge in [0.1, 0.15) is 11.5 Å². The summed E-state index contributed by atoms with van der Waals surface area (Å²) >= 11 is 0. The van der Waals surface area contributed by atoms with Crippen LogP contribution in [0.5, 0.6) is 0 Å². The van der Waals surface area contributed by atoms with E-state index < -0.39 is 38.7 Å². The maximum atomic E-state index is 15.2. The summed E-state index contributed by atoms with van der Waals surface area (Å²) in [4.78, 5) is 28.7. The molecule has 9 nitrogen and oxygen atoms in total. The Kier molecular flexibility index (Phi) is 7.39. The highest BCUT2D eigenvalue weighted by Crippen LogP contribution is 2.28. The first kappa shape index (κ1) is 25.6. The molecule has 190 valence electrons. The molecule has 3 aromatic heterocycles. The van der Waals surface area contributed by atoms with E-state index in [1.54, 1.807) is 37.4 Å². The van der Waals surface area contributed by atoms with Gasteiger partial charge in [0.2, 0.25) is 15.8 Å². The van der Waals surface area contributed by atoms with Crippen LogP contribution < -0.4 is 10.5 Å². The van der Waals surface area contributed by atoms with Crippen molar-refractivity contribution < 1.29 is 22.0 Å². The van der Waals surface area contributed by atoms with Gasteiger partial charge in [-0.25, -0.2) is 32.2 Å². The van der Waals surface area contributed by atoms with E-state index in [-0.39, 0.29) is 16.7 Å². The lowest BCUT2D eigenvalue weighted by Gasteiger charge is -2.11. The number of carbonyl (C=O) groups is 1. The first-order chi connectivity index (χ1) is 17.7. The highest BCUT2D eigenvalue weighted by atomic mass is 32.2. The second-order valence-electron chi connectivity index (χ2n) is 7.92. The van der Waals surface area contributed by atoms with Gasteiger partial charge in [0.15, 0.2) is 11.6 Å². The van der Waals surface area contributed by atoms with Crippen molar-refractivity contribution in [1.82, 2.24) is 15.0 Å². The van der Waals surface area contributed by atoms with Gasteiger partial charge in [-0.05, 0) is 36.8 Å². The Bertz CT molecular complexity index is 1630. The molecule has 0 radical (unpaired) electrons. The maximum absolute atomic E-state index is 15.2. The van der Waals surface area contributed by atoms with Crippen molar-refractivity contribution in [2.24, 2.45) is 10.7 Å². The third-order valence-electron chi connectivity index (χ3n) is 5.33. The second-order valence-corrected chi connectivity index (χ2v) is 9.77. The zero-order valence-corrected chi connectivity index (χ0v) is 20.4. The van der Waals surface area contributed by atoms with Gasteiger partial charge in [-0.3, -0.25) is 9.52 Å². The Labute approximate surface area is 211 Å². The van der Waals surface area contributed by atoms with Crippen molar-refractivity contribution in [2.45, 2.75) is 13.3 Å². The first-order valence-corrected chi connectivity index (χ1v) is 12.8. The molecule has 1 aromatic carbocycles.